The molecule has 2 unspecified atom stereocenters. The van der Waals surface area contributed by atoms with Crippen LogP contribution in [0.2, 0.25) is 10.0 Å². The summed E-state index contributed by atoms with van der Waals surface area (Å²) in [5.74, 6) is 0.903. The number of hydrogen-bond donors (Lipinski definition) is 0. The number of rotatable bonds is 3. The second-order valence-corrected chi connectivity index (χ2v) is 7.16. The quantitative estimate of drug-likeness (QED) is 0.789. The first-order valence-corrected chi connectivity index (χ1v) is 9.03. The molecule has 2 atom stereocenters. The summed E-state index contributed by atoms with van der Waals surface area (Å²) in [6.45, 7) is 0.897. The molecule has 0 bridgehead atoms. The van der Waals surface area contributed by atoms with E-state index in [1.807, 2.05) is 41.3 Å². The molecule has 4 nitrogen and oxygen atoms in total. The molecular formula is C19H18Cl2N2O2. The molecule has 2 fully saturated rings. The van der Waals surface area contributed by atoms with Gasteiger partial charge in [-0.2, -0.15) is 0 Å². The van der Waals surface area contributed by atoms with Gasteiger partial charge in [0.1, 0.15) is 11.9 Å². The summed E-state index contributed by atoms with van der Waals surface area (Å²) >= 11 is 12.3. The summed E-state index contributed by atoms with van der Waals surface area (Å²) in [6.07, 6.45) is 1.76. The van der Waals surface area contributed by atoms with Gasteiger partial charge in [-0.05, 0) is 54.8 Å². The lowest BCUT2D eigenvalue weighted by Gasteiger charge is -2.30. The summed E-state index contributed by atoms with van der Waals surface area (Å²) in [6, 6.07) is 13.1. The smallest absolute Gasteiger partial charge is 0.246 e. The van der Waals surface area contributed by atoms with Crippen molar-refractivity contribution in [3.05, 3.63) is 58.1 Å². The van der Waals surface area contributed by atoms with E-state index in [0.717, 1.165) is 36.4 Å². The van der Waals surface area contributed by atoms with Gasteiger partial charge in [0, 0.05) is 12.2 Å². The van der Waals surface area contributed by atoms with Crippen molar-refractivity contribution in [1.29, 1.82) is 0 Å². The largest absolute Gasteiger partial charge is 0.497 e. The van der Waals surface area contributed by atoms with E-state index < -0.39 is 0 Å². The number of methoxy groups -OCH3 is 1. The van der Waals surface area contributed by atoms with Crippen LogP contribution in [-0.2, 0) is 4.79 Å². The standard InChI is InChI=1S/C19H18Cl2N2O2/c1-25-14-7-5-13(6-8-14)23-18(12-4-9-15(20)16(21)11-12)22-10-2-3-17(22)19(23)24/h4-9,11,17-18H,2-3,10H2,1H3. The van der Waals surface area contributed by atoms with E-state index in [1.54, 1.807) is 13.2 Å². The molecule has 1 amide bonds. The molecule has 130 valence electrons. The Morgan fingerprint density at radius 2 is 1.84 bits per heavy atom. The van der Waals surface area contributed by atoms with Crippen molar-refractivity contribution in [1.82, 2.24) is 4.90 Å². The number of carbonyl (C=O) groups excluding carboxylic acids is 1. The number of benzene rings is 2. The van der Waals surface area contributed by atoms with E-state index in [4.69, 9.17) is 27.9 Å². The molecule has 2 heterocycles. The Labute approximate surface area is 156 Å². The van der Waals surface area contributed by atoms with E-state index in [0.29, 0.717) is 10.0 Å². The van der Waals surface area contributed by atoms with Crippen LogP contribution in [0, 0.1) is 0 Å². The Morgan fingerprint density at radius 1 is 1.08 bits per heavy atom. The minimum absolute atomic E-state index is 0.0680. The van der Waals surface area contributed by atoms with Crippen LogP contribution >= 0.6 is 23.2 Å². The van der Waals surface area contributed by atoms with Crippen LogP contribution in [0.5, 0.6) is 5.75 Å². The van der Waals surface area contributed by atoms with Crippen LogP contribution in [0.15, 0.2) is 42.5 Å². The van der Waals surface area contributed by atoms with Gasteiger partial charge in [0.25, 0.3) is 0 Å². The molecule has 25 heavy (non-hydrogen) atoms. The van der Waals surface area contributed by atoms with Crippen molar-refractivity contribution >= 4 is 34.8 Å². The number of carbonyl (C=O) groups is 1. The fourth-order valence-corrected chi connectivity index (χ4v) is 4.11. The van der Waals surface area contributed by atoms with Gasteiger partial charge in [0.05, 0.1) is 23.2 Å². The number of ether oxygens (including phenoxy) is 1. The molecule has 6 heteroatoms. The topological polar surface area (TPSA) is 32.8 Å². The van der Waals surface area contributed by atoms with Crippen LogP contribution in [0.3, 0.4) is 0 Å². The molecule has 4 rings (SSSR count). The van der Waals surface area contributed by atoms with Gasteiger partial charge < -0.3 is 4.74 Å². The molecular weight excluding hydrogens is 359 g/mol. The molecule has 2 aliphatic rings. The predicted molar refractivity (Wildman–Crippen MR) is 99.4 cm³/mol. The summed E-state index contributed by atoms with van der Waals surface area (Å²) in [5, 5.41) is 1.02. The summed E-state index contributed by atoms with van der Waals surface area (Å²) in [4.78, 5) is 17.2. The van der Waals surface area contributed by atoms with Gasteiger partial charge in [0.15, 0.2) is 0 Å². The minimum Gasteiger partial charge on any atom is -0.497 e. The normalized spacial score (nSPS) is 23.2. The average molecular weight is 377 g/mol. The maximum Gasteiger partial charge on any atom is 0.246 e. The zero-order valence-electron chi connectivity index (χ0n) is 13.8. The first kappa shape index (κ1) is 16.7. The fourth-order valence-electron chi connectivity index (χ4n) is 3.80. The van der Waals surface area contributed by atoms with E-state index >= 15 is 0 Å². The molecule has 2 saturated heterocycles. The molecule has 2 aromatic carbocycles. The molecule has 2 aromatic rings. The first-order valence-electron chi connectivity index (χ1n) is 8.28. The molecule has 0 aromatic heterocycles. The lowest BCUT2D eigenvalue weighted by Crippen LogP contribution is -2.32. The maximum atomic E-state index is 13.1. The van der Waals surface area contributed by atoms with Gasteiger partial charge in [-0.25, -0.2) is 0 Å². The number of nitrogens with zero attached hydrogens (tertiary/aromatic N) is 2. The number of amides is 1. The average Bonchev–Trinajstić information content (AvgIpc) is 3.20. The lowest BCUT2D eigenvalue weighted by molar-refractivity contribution is -0.119. The molecule has 0 saturated carbocycles. The zero-order chi connectivity index (χ0) is 17.6. The Morgan fingerprint density at radius 3 is 2.52 bits per heavy atom. The highest BCUT2D eigenvalue weighted by Gasteiger charge is 2.49. The van der Waals surface area contributed by atoms with Crippen molar-refractivity contribution in [3.8, 4) is 5.75 Å². The summed E-state index contributed by atoms with van der Waals surface area (Å²) in [5.41, 5.74) is 1.83. The highest BCUT2D eigenvalue weighted by Crippen LogP contribution is 2.43. The first-order chi connectivity index (χ1) is 12.1. The zero-order valence-corrected chi connectivity index (χ0v) is 15.3. The van der Waals surface area contributed by atoms with Crippen molar-refractivity contribution in [2.45, 2.75) is 25.0 Å². The molecule has 0 spiro atoms. The van der Waals surface area contributed by atoms with Gasteiger partial charge >= 0.3 is 0 Å². The van der Waals surface area contributed by atoms with Crippen molar-refractivity contribution in [2.75, 3.05) is 18.6 Å². The number of hydrogen-bond acceptors (Lipinski definition) is 3. The van der Waals surface area contributed by atoms with E-state index in [2.05, 4.69) is 4.90 Å². The number of halogens is 2. The van der Waals surface area contributed by atoms with Gasteiger partial charge in [-0.3, -0.25) is 14.6 Å². The van der Waals surface area contributed by atoms with Gasteiger partial charge in [-0.1, -0.05) is 29.3 Å². The highest BCUT2D eigenvalue weighted by molar-refractivity contribution is 6.42. The van der Waals surface area contributed by atoms with Crippen molar-refractivity contribution in [3.63, 3.8) is 0 Å². The second kappa shape index (κ2) is 6.52. The molecule has 0 aliphatic carbocycles. The van der Waals surface area contributed by atoms with Crippen molar-refractivity contribution < 1.29 is 9.53 Å². The lowest BCUT2D eigenvalue weighted by atomic mass is 10.1. The summed E-state index contributed by atoms with van der Waals surface area (Å²) < 4.78 is 5.23. The van der Waals surface area contributed by atoms with Crippen LogP contribution in [0.4, 0.5) is 5.69 Å². The van der Waals surface area contributed by atoms with E-state index in [1.165, 1.54) is 0 Å². The molecule has 0 radical (unpaired) electrons. The maximum absolute atomic E-state index is 13.1. The SMILES string of the molecule is COc1ccc(N2C(=O)C3CCCN3C2c2ccc(Cl)c(Cl)c2)cc1. The number of fused-ring (bicyclic) bond motifs is 1. The molecule has 0 N–H and O–H groups in total. The second-order valence-electron chi connectivity index (χ2n) is 6.35. The van der Waals surface area contributed by atoms with Gasteiger partial charge in [-0.15, -0.1) is 0 Å². The molecule has 2 aliphatic heterocycles. The predicted octanol–water partition coefficient (Wildman–Crippen LogP) is 4.51. The van der Waals surface area contributed by atoms with Crippen LogP contribution in [0.25, 0.3) is 0 Å². The number of anilines is 1. The Balaban J connectivity index is 1.78. The third kappa shape index (κ3) is 2.78. The van der Waals surface area contributed by atoms with Gasteiger partial charge in [0.2, 0.25) is 5.91 Å². The van der Waals surface area contributed by atoms with Crippen LogP contribution < -0.4 is 9.64 Å². The third-order valence-corrected chi connectivity index (χ3v) is 5.71. The third-order valence-electron chi connectivity index (χ3n) is 4.97. The van der Waals surface area contributed by atoms with Crippen LogP contribution in [-0.4, -0.2) is 30.5 Å². The van der Waals surface area contributed by atoms with Crippen LogP contribution in [0.1, 0.15) is 24.6 Å². The Bertz CT molecular complexity index is 810. The monoisotopic (exact) mass is 376 g/mol. The van der Waals surface area contributed by atoms with E-state index in [-0.39, 0.29) is 18.1 Å². The fraction of sp³-hybridized carbons (Fsp3) is 0.316. The van der Waals surface area contributed by atoms with Crippen molar-refractivity contribution in [2.24, 2.45) is 0 Å². The van der Waals surface area contributed by atoms with E-state index in [9.17, 15) is 4.79 Å². The highest BCUT2D eigenvalue weighted by atomic mass is 35.5. The summed E-state index contributed by atoms with van der Waals surface area (Å²) in [7, 11) is 1.63. The minimum atomic E-state index is -0.164. The Hall–Kier alpha value is -1.75. The Kier molecular flexibility index (Phi) is 4.36.